The van der Waals surface area contributed by atoms with Crippen molar-refractivity contribution in [3.63, 3.8) is 0 Å². The van der Waals surface area contributed by atoms with E-state index in [0.717, 1.165) is 5.56 Å². The van der Waals surface area contributed by atoms with Crippen LogP contribution in [0.4, 0.5) is 0 Å². The van der Waals surface area contributed by atoms with Crippen LogP contribution in [0.5, 0.6) is 0 Å². The SMILES string of the molecule is O=C(CCc1ccccc1)NCC(=O)N1CCN(C(=O)c2ccco2)CC1. The maximum absolute atomic E-state index is 12.3. The molecule has 1 aromatic carbocycles. The Kier molecular flexibility index (Phi) is 6.25. The van der Waals surface area contributed by atoms with Crippen molar-refractivity contribution in [3.8, 4) is 0 Å². The molecule has 0 radical (unpaired) electrons. The normalized spacial score (nSPS) is 14.1. The Hall–Kier alpha value is -3.09. The van der Waals surface area contributed by atoms with E-state index in [9.17, 15) is 14.4 Å². The smallest absolute Gasteiger partial charge is 0.289 e. The lowest BCUT2D eigenvalue weighted by Gasteiger charge is -2.34. The predicted molar refractivity (Wildman–Crippen MR) is 99.0 cm³/mol. The minimum Gasteiger partial charge on any atom is -0.459 e. The van der Waals surface area contributed by atoms with Gasteiger partial charge in [0.05, 0.1) is 12.8 Å². The highest BCUT2D eigenvalue weighted by Crippen LogP contribution is 2.09. The molecule has 2 heterocycles. The van der Waals surface area contributed by atoms with Gasteiger partial charge in [-0.05, 0) is 24.1 Å². The lowest BCUT2D eigenvalue weighted by molar-refractivity contribution is -0.134. The van der Waals surface area contributed by atoms with Gasteiger partial charge in [-0.1, -0.05) is 30.3 Å². The highest BCUT2D eigenvalue weighted by molar-refractivity contribution is 5.91. The highest BCUT2D eigenvalue weighted by Gasteiger charge is 2.26. The lowest BCUT2D eigenvalue weighted by Crippen LogP contribution is -2.52. The summed E-state index contributed by atoms with van der Waals surface area (Å²) in [6.45, 7) is 1.79. The van der Waals surface area contributed by atoms with E-state index in [1.54, 1.807) is 21.9 Å². The minimum atomic E-state index is -0.165. The zero-order valence-electron chi connectivity index (χ0n) is 15.1. The van der Waals surface area contributed by atoms with Crippen LogP contribution >= 0.6 is 0 Å². The molecule has 0 spiro atoms. The summed E-state index contributed by atoms with van der Waals surface area (Å²) in [4.78, 5) is 39.8. The predicted octanol–water partition coefficient (Wildman–Crippen LogP) is 1.31. The van der Waals surface area contributed by atoms with Gasteiger partial charge in [0, 0.05) is 32.6 Å². The first-order valence-corrected chi connectivity index (χ1v) is 9.04. The van der Waals surface area contributed by atoms with Crippen molar-refractivity contribution >= 4 is 17.7 Å². The number of hydrogen-bond donors (Lipinski definition) is 1. The number of piperazine rings is 1. The maximum atomic E-state index is 12.3. The molecule has 7 heteroatoms. The van der Waals surface area contributed by atoms with Crippen LogP contribution < -0.4 is 5.32 Å². The topological polar surface area (TPSA) is 82.9 Å². The van der Waals surface area contributed by atoms with Gasteiger partial charge in [0.1, 0.15) is 0 Å². The van der Waals surface area contributed by atoms with Gasteiger partial charge in [0.15, 0.2) is 5.76 Å². The van der Waals surface area contributed by atoms with Gasteiger partial charge in [0.2, 0.25) is 11.8 Å². The van der Waals surface area contributed by atoms with Gasteiger partial charge in [-0.25, -0.2) is 0 Å². The van der Waals surface area contributed by atoms with E-state index in [1.165, 1.54) is 6.26 Å². The molecule has 27 heavy (non-hydrogen) atoms. The Morgan fingerprint density at radius 2 is 1.63 bits per heavy atom. The van der Waals surface area contributed by atoms with Gasteiger partial charge in [-0.2, -0.15) is 0 Å². The van der Waals surface area contributed by atoms with Crippen LogP contribution in [0.1, 0.15) is 22.5 Å². The third-order valence-electron chi connectivity index (χ3n) is 4.57. The first kappa shape index (κ1) is 18.7. The average molecular weight is 369 g/mol. The second kappa shape index (κ2) is 9.02. The van der Waals surface area contributed by atoms with Gasteiger partial charge in [0.25, 0.3) is 5.91 Å². The molecule has 0 unspecified atom stereocenters. The number of amides is 3. The molecular weight excluding hydrogens is 346 g/mol. The second-order valence-electron chi connectivity index (χ2n) is 6.41. The number of aryl methyl sites for hydroxylation is 1. The molecule has 0 aliphatic carbocycles. The van der Waals surface area contributed by atoms with Crippen molar-refractivity contribution in [1.29, 1.82) is 0 Å². The van der Waals surface area contributed by atoms with Crippen LogP contribution in [0.25, 0.3) is 0 Å². The quantitative estimate of drug-likeness (QED) is 0.832. The molecule has 1 fully saturated rings. The average Bonchev–Trinajstić information content (AvgIpc) is 3.25. The Balaban J connectivity index is 1.37. The monoisotopic (exact) mass is 369 g/mol. The molecule has 0 saturated carbocycles. The Labute approximate surface area is 157 Å². The van der Waals surface area contributed by atoms with Crippen LogP contribution in [0.3, 0.4) is 0 Å². The van der Waals surface area contributed by atoms with E-state index in [-0.39, 0.29) is 24.3 Å². The van der Waals surface area contributed by atoms with Crippen LogP contribution in [-0.2, 0) is 16.0 Å². The number of carbonyl (C=O) groups is 3. The summed E-state index contributed by atoms with van der Waals surface area (Å²) >= 11 is 0. The second-order valence-corrected chi connectivity index (χ2v) is 6.41. The molecule has 1 saturated heterocycles. The molecule has 2 aromatic rings. The molecule has 0 atom stereocenters. The standard InChI is InChI=1S/C20H23N3O4/c24-18(9-8-16-5-2-1-3-6-16)21-15-19(25)22-10-12-23(13-11-22)20(26)17-7-4-14-27-17/h1-7,14H,8-13,15H2,(H,21,24). The molecule has 0 bridgehead atoms. The van der Waals surface area contributed by atoms with Crippen LogP contribution in [0, 0.1) is 0 Å². The van der Waals surface area contributed by atoms with Crippen molar-refractivity contribution in [3.05, 3.63) is 60.1 Å². The molecule has 3 amide bonds. The Bertz CT molecular complexity index is 766. The fourth-order valence-electron chi connectivity index (χ4n) is 2.99. The molecule has 3 rings (SSSR count). The molecular formula is C20H23N3O4. The van der Waals surface area contributed by atoms with Crippen LogP contribution in [0.2, 0.25) is 0 Å². The Morgan fingerprint density at radius 1 is 0.926 bits per heavy atom. The maximum Gasteiger partial charge on any atom is 0.289 e. The molecule has 1 aliphatic heterocycles. The highest BCUT2D eigenvalue weighted by atomic mass is 16.3. The van der Waals surface area contributed by atoms with E-state index >= 15 is 0 Å². The van der Waals surface area contributed by atoms with Gasteiger partial charge < -0.3 is 19.5 Å². The number of hydrogen-bond acceptors (Lipinski definition) is 4. The number of carbonyl (C=O) groups excluding carboxylic acids is 3. The van der Waals surface area contributed by atoms with E-state index in [0.29, 0.717) is 44.8 Å². The largest absolute Gasteiger partial charge is 0.459 e. The van der Waals surface area contributed by atoms with Gasteiger partial charge >= 0.3 is 0 Å². The molecule has 1 aliphatic rings. The zero-order chi connectivity index (χ0) is 19.1. The number of nitrogens with one attached hydrogen (secondary N) is 1. The summed E-state index contributed by atoms with van der Waals surface area (Å²) in [7, 11) is 0. The van der Waals surface area contributed by atoms with E-state index in [1.807, 2.05) is 30.3 Å². The van der Waals surface area contributed by atoms with Crippen molar-refractivity contribution in [1.82, 2.24) is 15.1 Å². The fourth-order valence-corrected chi connectivity index (χ4v) is 2.99. The van der Waals surface area contributed by atoms with E-state index in [2.05, 4.69) is 5.32 Å². The summed E-state index contributed by atoms with van der Waals surface area (Å²) in [5, 5.41) is 2.68. The summed E-state index contributed by atoms with van der Waals surface area (Å²) in [6.07, 6.45) is 2.46. The van der Waals surface area contributed by atoms with Crippen molar-refractivity contribution < 1.29 is 18.8 Å². The molecule has 1 aromatic heterocycles. The number of furan rings is 1. The summed E-state index contributed by atoms with van der Waals surface area (Å²) in [5.74, 6) is -0.131. The minimum absolute atomic E-state index is 0.0141. The Morgan fingerprint density at radius 3 is 2.30 bits per heavy atom. The number of nitrogens with zero attached hydrogens (tertiary/aromatic N) is 2. The number of benzene rings is 1. The van der Waals surface area contributed by atoms with Crippen molar-refractivity contribution in [2.24, 2.45) is 0 Å². The summed E-state index contributed by atoms with van der Waals surface area (Å²) in [6, 6.07) is 13.1. The zero-order valence-corrected chi connectivity index (χ0v) is 15.1. The number of rotatable bonds is 6. The van der Waals surface area contributed by atoms with Crippen molar-refractivity contribution in [2.45, 2.75) is 12.8 Å². The molecule has 142 valence electrons. The fraction of sp³-hybridized carbons (Fsp3) is 0.350. The summed E-state index contributed by atoms with van der Waals surface area (Å²) < 4.78 is 5.12. The first-order valence-electron chi connectivity index (χ1n) is 9.04. The van der Waals surface area contributed by atoms with Crippen LogP contribution in [-0.4, -0.2) is 60.2 Å². The third-order valence-corrected chi connectivity index (χ3v) is 4.57. The van der Waals surface area contributed by atoms with E-state index < -0.39 is 0 Å². The lowest BCUT2D eigenvalue weighted by atomic mass is 10.1. The van der Waals surface area contributed by atoms with Crippen molar-refractivity contribution in [2.75, 3.05) is 32.7 Å². The third kappa shape index (κ3) is 5.20. The van der Waals surface area contributed by atoms with Crippen LogP contribution in [0.15, 0.2) is 53.1 Å². The summed E-state index contributed by atoms with van der Waals surface area (Å²) in [5.41, 5.74) is 1.09. The van der Waals surface area contributed by atoms with E-state index in [4.69, 9.17) is 4.42 Å². The van der Waals surface area contributed by atoms with Gasteiger partial charge in [-0.3, -0.25) is 14.4 Å². The molecule has 1 N–H and O–H groups in total. The van der Waals surface area contributed by atoms with Gasteiger partial charge in [-0.15, -0.1) is 0 Å². The molecule has 7 nitrogen and oxygen atoms in total. The first-order chi connectivity index (χ1) is 13.1.